The molecule has 0 bridgehead atoms. The van der Waals surface area contributed by atoms with E-state index in [4.69, 9.17) is 10.5 Å². The van der Waals surface area contributed by atoms with Gasteiger partial charge in [0.05, 0.1) is 11.0 Å². The van der Waals surface area contributed by atoms with Crippen molar-refractivity contribution in [1.29, 1.82) is 0 Å². The molecule has 2 aromatic rings. The summed E-state index contributed by atoms with van der Waals surface area (Å²) >= 11 is 0. The van der Waals surface area contributed by atoms with Gasteiger partial charge in [0, 0.05) is 6.61 Å². The van der Waals surface area contributed by atoms with Crippen molar-refractivity contribution in [2.75, 3.05) is 6.61 Å². The largest absolute Gasteiger partial charge is 0.370 e. The molecule has 1 aliphatic heterocycles. The molecule has 1 fully saturated rings. The second kappa shape index (κ2) is 4.42. The smallest absolute Gasteiger partial charge is 0.237 e. The minimum Gasteiger partial charge on any atom is -0.370 e. The molecule has 1 saturated heterocycles. The summed E-state index contributed by atoms with van der Waals surface area (Å²) in [7, 11) is 0. The zero-order chi connectivity index (χ0) is 12.5. The highest BCUT2D eigenvalue weighted by atomic mass is 16.5. The van der Waals surface area contributed by atoms with Gasteiger partial charge < -0.3 is 15.0 Å². The lowest BCUT2D eigenvalue weighted by molar-refractivity contribution is -0.118. The fraction of sp³-hybridized carbons (Fsp3) is 0.385. The molecule has 1 aromatic heterocycles. The number of para-hydroxylation sites is 2. The Morgan fingerprint density at radius 1 is 1.50 bits per heavy atom. The Morgan fingerprint density at radius 2 is 2.33 bits per heavy atom. The van der Waals surface area contributed by atoms with E-state index in [1.165, 1.54) is 0 Å². The van der Waals surface area contributed by atoms with Crippen LogP contribution in [0.15, 0.2) is 24.3 Å². The molecule has 0 unspecified atom stereocenters. The van der Waals surface area contributed by atoms with E-state index in [1.807, 2.05) is 28.8 Å². The Morgan fingerprint density at radius 3 is 3.06 bits per heavy atom. The number of aromatic nitrogens is 2. The fourth-order valence-electron chi connectivity index (χ4n) is 2.44. The first kappa shape index (κ1) is 11.2. The summed E-state index contributed by atoms with van der Waals surface area (Å²) in [6.45, 7) is 0.903. The van der Waals surface area contributed by atoms with E-state index in [1.54, 1.807) is 0 Å². The highest BCUT2D eigenvalue weighted by molar-refractivity contribution is 5.80. The van der Waals surface area contributed by atoms with Crippen LogP contribution in [0.1, 0.15) is 24.8 Å². The summed E-state index contributed by atoms with van der Waals surface area (Å²) < 4.78 is 7.52. The summed E-state index contributed by atoms with van der Waals surface area (Å²) in [5.41, 5.74) is 7.13. The van der Waals surface area contributed by atoms with Gasteiger partial charge >= 0.3 is 0 Å². The number of nitrogens with two attached hydrogens (primary N) is 1. The molecule has 5 nitrogen and oxygen atoms in total. The minimum absolute atomic E-state index is 0.0169. The van der Waals surface area contributed by atoms with Crippen LogP contribution in [0.3, 0.4) is 0 Å². The number of imidazole rings is 1. The number of ether oxygens (including phenoxy) is 1. The van der Waals surface area contributed by atoms with Crippen LogP contribution in [-0.2, 0) is 16.1 Å². The monoisotopic (exact) mass is 245 g/mol. The molecule has 0 spiro atoms. The van der Waals surface area contributed by atoms with Gasteiger partial charge in [-0.05, 0) is 25.0 Å². The number of nitrogens with zero attached hydrogens (tertiary/aromatic N) is 2. The normalized spacial score (nSPS) is 19.4. The molecule has 1 amide bonds. The second-order valence-electron chi connectivity index (χ2n) is 4.51. The molecule has 18 heavy (non-hydrogen) atoms. The predicted octanol–water partition coefficient (Wildman–Crippen LogP) is 1.37. The van der Waals surface area contributed by atoms with Gasteiger partial charge in [-0.25, -0.2) is 4.98 Å². The van der Waals surface area contributed by atoms with E-state index in [0.717, 1.165) is 36.3 Å². The van der Waals surface area contributed by atoms with Crippen LogP contribution in [0, 0.1) is 0 Å². The second-order valence-corrected chi connectivity index (χ2v) is 4.51. The average Bonchev–Trinajstić information content (AvgIpc) is 2.96. The van der Waals surface area contributed by atoms with Gasteiger partial charge in [0.1, 0.15) is 18.5 Å². The van der Waals surface area contributed by atoms with E-state index in [2.05, 4.69) is 4.98 Å². The molecule has 1 aliphatic rings. The van der Waals surface area contributed by atoms with Crippen molar-refractivity contribution in [2.45, 2.75) is 25.5 Å². The zero-order valence-electron chi connectivity index (χ0n) is 10.0. The van der Waals surface area contributed by atoms with Gasteiger partial charge in [0.25, 0.3) is 0 Å². The number of rotatable bonds is 3. The zero-order valence-corrected chi connectivity index (χ0v) is 10.0. The average molecular weight is 245 g/mol. The Hall–Kier alpha value is -1.88. The molecule has 5 heteroatoms. The molecule has 94 valence electrons. The first-order chi connectivity index (χ1) is 8.75. The van der Waals surface area contributed by atoms with Gasteiger partial charge in [-0.3, -0.25) is 4.79 Å². The summed E-state index contributed by atoms with van der Waals surface area (Å²) in [5.74, 6) is 0.449. The standard InChI is InChI=1S/C13H15N3O2/c14-12(17)8-16-10-5-2-1-4-9(10)15-13(16)11-6-3-7-18-11/h1-2,4-5,11H,3,6-8H2,(H2,14,17)/t11-/m0/s1. The molecule has 0 aliphatic carbocycles. The van der Waals surface area contributed by atoms with Gasteiger partial charge in [0.15, 0.2) is 0 Å². The summed E-state index contributed by atoms with van der Waals surface area (Å²) in [6, 6.07) is 7.75. The van der Waals surface area contributed by atoms with Crippen molar-refractivity contribution in [3.05, 3.63) is 30.1 Å². The lowest BCUT2D eigenvalue weighted by Crippen LogP contribution is -2.21. The first-order valence-electron chi connectivity index (χ1n) is 6.11. The van der Waals surface area contributed by atoms with Gasteiger partial charge in [0.2, 0.25) is 5.91 Å². The van der Waals surface area contributed by atoms with E-state index in [0.29, 0.717) is 0 Å². The third-order valence-corrected chi connectivity index (χ3v) is 3.22. The lowest BCUT2D eigenvalue weighted by Gasteiger charge is -2.11. The molecular formula is C13H15N3O2. The van der Waals surface area contributed by atoms with Crippen LogP contribution in [0.5, 0.6) is 0 Å². The van der Waals surface area contributed by atoms with Crippen molar-refractivity contribution >= 4 is 16.9 Å². The summed E-state index contributed by atoms with van der Waals surface area (Å²) in [6.07, 6.45) is 1.96. The van der Waals surface area contributed by atoms with E-state index in [9.17, 15) is 4.79 Å². The van der Waals surface area contributed by atoms with Gasteiger partial charge in [-0.2, -0.15) is 0 Å². The number of carbonyl (C=O) groups is 1. The van der Waals surface area contributed by atoms with Crippen LogP contribution >= 0.6 is 0 Å². The highest BCUT2D eigenvalue weighted by Crippen LogP contribution is 2.30. The molecule has 2 N–H and O–H groups in total. The number of hydrogen-bond acceptors (Lipinski definition) is 3. The van der Waals surface area contributed by atoms with E-state index < -0.39 is 0 Å². The number of primary amides is 1. The van der Waals surface area contributed by atoms with Crippen molar-refractivity contribution in [2.24, 2.45) is 5.73 Å². The maximum atomic E-state index is 11.2. The minimum atomic E-state index is -0.364. The molecule has 0 radical (unpaired) electrons. The maximum Gasteiger partial charge on any atom is 0.237 e. The van der Waals surface area contributed by atoms with Crippen molar-refractivity contribution in [3.63, 3.8) is 0 Å². The number of benzene rings is 1. The maximum absolute atomic E-state index is 11.2. The third-order valence-electron chi connectivity index (χ3n) is 3.22. The van der Waals surface area contributed by atoms with Crippen molar-refractivity contribution in [3.8, 4) is 0 Å². The third kappa shape index (κ3) is 1.86. The summed E-state index contributed by atoms with van der Waals surface area (Å²) in [4.78, 5) is 15.8. The Balaban J connectivity index is 2.12. The highest BCUT2D eigenvalue weighted by Gasteiger charge is 2.24. The number of amides is 1. The predicted molar refractivity (Wildman–Crippen MR) is 66.9 cm³/mol. The Bertz CT molecular complexity index is 585. The molecule has 1 atom stereocenters. The van der Waals surface area contributed by atoms with Crippen LogP contribution in [0.4, 0.5) is 0 Å². The Kier molecular flexibility index (Phi) is 2.76. The molecule has 0 saturated carbocycles. The molecule has 3 rings (SSSR count). The quantitative estimate of drug-likeness (QED) is 0.887. The van der Waals surface area contributed by atoms with E-state index >= 15 is 0 Å². The lowest BCUT2D eigenvalue weighted by atomic mass is 10.2. The molecule has 2 heterocycles. The topological polar surface area (TPSA) is 70.1 Å². The van der Waals surface area contributed by atoms with Crippen LogP contribution < -0.4 is 5.73 Å². The SMILES string of the molecule is NC(=O)Cn1c([C@@H]2CCCO2)nc2ccccc21. The van der Waals surface area contributed by atoms with Crippen molar-refractivity contribution in [1.82, 2.24) is 9.55 Å². The van der Waals surface area contributed by atoms with E-state index in [-0.39, 0.29) is 18.6 Å². The number of hydrogen-bond donors (Lipinski definition) is 1. The summed E-state index contributed by atoms with van der Waals surface area (Å²) in [5, 5.41) is 0. The van der Waals surface area contributed by atoms with Crippen molar-refractivity contribution < 1.29 is 9.53 Å². The number of fused-ring (bicyclic) bond motifs is 1. The molecular weight excluding hydrogens is 230 g/mol. The van der Waals surface area contributed by atoms with Crippen LogP contribution in [0.25, 0.3) is 11.0 Å². The van der Waals surface area contributed by atoms with Gasteiger partial charge in [-0.1, -0.05) is 12.1 Å². The first-order valence-corrected chi connectivity index (χ1v) is 6.11. The van der Waals surface area contributed by atoms with Crippen LogP contribution in [-0.4, -0.2) is 22.1 Å². The van der Waals surface area contributed by atoms with Gasteiger partial charge in [-0.15, -0.1) is 0 Å². The number of carbonyl (C=O) groups excluding carboxylic acids is 1. The van der Waals surface area contributed by atoms with Crippen LogP contribution in [0.2, 0.25) is 0 Å². The Labute approximate surface area is 105 Å². The fourth-order valence-corrected chi connectivity index (χ4v) is 2.44. The molecule has 1 aromatic carbocycles.